The lowest BCUT2D eigenvalue weighted by Crippen LogP contribution is -2.23. The minimum Gasteiger partial charge on any atom is -0.481 e. The van der Waals surface area contributed by atoms with E-state index in [2.05, 4.69) is 23.7 Å². The number of carbonyl (C=O) groups is 1. The topological polar surface area (TPSA) is 53.4 Å². The zero-order valence-electron chi connectivity index (χ0n) is 9.93. The third-order valence-electron chi connectivity index (χ3n) is 2.48. The number of carboxylic acid groups (broad SMARTS) is 1. The number of carboxylic acids is 1. The Kier molecular flexibility index (Phi) is 4.73. The highest BCUT2D eigenvalue weighted by Crippen LogP contribution is 2.20. The molecule has 0 aliphatic rings. The number of thiazole rings is 1. The molecule has 0 spiro atoms. The van der Waals surface area contributed by atoms with E-state index in [-0.39, 0.29) is 6.42 Å². The number of aliphatic carboxylic acids is 1. The van der Waals surface area contributed by atoms with Crippen molar-refractivity contribution in [2.75, 3.05) is 18.5 Å². The van der Waals surface area contributed by atoms with Crippen LogP contribution < -0.4 is 4.90 Å². The molecule has 0 bridgehead atoms. The Balaban J connectivity index is 2.59. The summed E-state index contributed by atoms with van der Waals surface area (Å²) in [7, 11) is 2.00. The van der Waals surface area contributed by atoms with E-state index < -0.39 is 5.97 Å². The number of hydrogen-bond donors (Lipinski definition) is 1. The average Bonchev–Trinajstić information content (AvgIpc) is 2.65. The lowest BCUT2D eigenvalue weighted by Gasteiger charge is -2.19. The number of rotatable bonds is 6. The van der Waals surface area contributed by atoms with E-state index in [1.165, 1.54) is 11.3 Å². The van der Waals surface area contributed by atoms with Crippen molar-refractivity contribution in [1.29, 1.82) is 0 Å². The van der Waals surface area contributed by atoms with Crippen molar-refractivity contribution in [3.63, 3.8) is 0 Å². The van der Waals surface area contributed by atoms with Gasteiger partial charge in [0.05, 0.1) is 12.1 Å². The van der Waals surface area contributed by atoms with E-state index in [9.17, 15) is 4.79 Å². The number of hydrogen-bond acceptors (Lipinski definition) is 4. The first-order valence-electron chi connectivity index (χ1n) is 5.40. The van der Waals surface area contributed by atoms with E-state index in [4.69, 9.17) is 5.11 Å². The lowest BCUT2D eigenvalue weighted by molar-refractivity contribution is -0.136. The molecule has 0 saturated carbocycles. The van der Waals surface area contributed by atoms with Gasteiger partial charge in [0.25, 0.3) is 0 Å². The van der Waals surface area contributed by atoms with Crippen LogP contribution in [0, 0.1) is 5.92 Å². The summed E-state index contributed by atoms with van der Waals surface area (Å²) in [5.74, 6) is -0.210. The molecule has 1 rings (SSSR count). The highest BCUT2D eigenvalue weighted by atomic mass is 32.1. The van der Waals surface area contributed by atoms with Crippen LogP contribution in [0.2, 0.25) is 0 Å². The molecule has 90 valence electrons. The summed E-state index contributed by atoms with van der Waals surface area (Å²) in [4.78, 5) is 16.9. The molecule has 1 atom stereocenters. The second kappa shape index (κ2) is 5.84. The zero-order chi connectivity index (χ0) is 12.1. The van der Waals surface area contributed by atoms with Crippen molar-refractivity contribution in [3.8, 4) is 0 Å². The van der Waals surface area contributed by atoms with Gasteiger partial charge < -0.3 is 10.0 Å². The fourth-order valence-electron chi connectivity index (χ4n) is 1.38. The van der Waals surface area contributed by atoms with Crippen LogP contribution in [0.3, 0.4) is 0 Å². The van der Waals surface area contributed by atoms with E-state index >= 15 is 0 Å². The van der Waals surface area contributed by atoms with Crippen LogP contribution >= 0.6 is 11.3 Å². The molecule has 16 heavy (non-hydrogen) atoms. The third kappa shape index (κ3) is 3.81. The predicted octanol–water partition coefficient (Wildman–Crippen LogP) is 2.25. The van der Waals surface area contributed by atoms with Crippen LogP contribution in [0.4, 0.5) is 5.13 Å². The van der Waals surface area contributed by atoms with Crippen LogP contribution in [-0.4, -0.2) is 29.7 Å². The second-order valence-electron chi connectivity index (χ2n) is 4.09. The molecule has 4 nitrogen and oxygen atoms in total. The van der Waals surface area contributed by atoms with Crippen LogP contribution in [0.15, 0.2) is 5.38 Å². The minimum atomic E-state index is -0.832. The normalized spacial score (nSPS) is 12.4. The van der Waals surface area contributed by atoms with Gasteiger partial charge in [-0.3, -0.25) is 4.79 Å². The molecule has 0 radical (unpaired) electrons. The summed E-state index contributed by atoms with van der Waals surface area (Å²) < 4.78 is 0. The monoisotopic (exact) mass is 242 g/mol. The molecule has 1 heterocycles. The molecular formula is C11H18N2O2S. The van der Waals surface area contributed by atoms with Crippen molar-refractivity contribution in [1.82, 2.24) is 4.98 Å². The third-order valence-corrected chi connectivity index (χ3v) is 3.48. The highest BCUT2D eigenvalue weighted by Gasteiger charge is 2.11. The fourth-order valence-corrected chi connectivity index (χ4v) is 2.18. The predicted molar refractivity (Wildman–Crippen MR) is 66.2 cm³/mol. The van der Waals surface area contributed by atoms with Crippen LogP contribution in [0.5, 0.6) is 0 Å². The Morgan fingerprint density at radius 1 is 1.69 bits per heavy atom. The summed E-state index contributed by atoms with van der Waals surface area (Å²) in [6.07, 6.45) is 1.14. The number of anilines is 1. The van der Waals surface area contributed by atoms with Crippen molar-refractivity contribution < 1.29 is 9.90 Å². The second-order valence-corrected chi connectivity index (χ2v) is 4.92. The Bertz CT molecular complexity index is 352. The van der Waals surface area contributed by atoms with Gasteiger partial charge in [-0.15, -0.1) is 11.3 Å². The fraction of sp³-hybridized carbons (Fsp3) is 0.636. The van der Waals surface area contributed by atoms with Gasteiger partial charge in [0.2, 0.25) is 0 Å². The van der Waals surface area contributed by atoms with Gasteiger partial charge in [-0.2, -0.15) is 0 Å². The molecule has 0 aliphatic carbocycles. The number of aromatic nitrogens is 1. The highest BCUT2D eigenvalue weighted by molar-refractivity contribution is 7.13. The van der Waals surface area contributed by atoms with Crippen LogP contribution in [0.25, 0.3) is 0 Å². The molecule has 0 aromatic carbocycles. The van der Waals surface area contributed by atoms with Gasteiger partial charge in [0.15, 0.2) is 5.13 Å². The van der Waals surface area contributed by atoms with Crippen LogP contribution in [-0.2, 0) is 11.2 Å². The first-order chi connectivity index (χ1) is 7.52. The minimum absolute atomic E-state index is 0.00761. The van der Waals surface area contributed by atoms with Crippen molar-refractivity contribution >= 4 is 22.4 Å². The molecule has 0 fully saturated rings. The standard InChI is InChI=1S/C11H18N2O2S/c1-4-8(2)6-13(3)11-12-9(7-16-11)5-10(14)15/h7-8H,4-6H2,1-3H3,(H,14,15). The van der Waals surface area contributed by atoms with Gasteiger partial charge in [-0.25, -0.2) is 4.98 Å². The van der Waals surface area contributed by atoms with E-state index in [0.717, 1.165) is 18.1 Å². The zero-order valence-corrected chi connectivity index (χ0v) is 10.8. The van der Waals surface area contributed by atoms with Gasteiger partial charge in [-0.1, -0.05) is 20.3 Å². The Morgan fingerprint density at radius 3 is 2.94 bits per heavy atom. The summed E-state index contributed by atoms with van der Waals surface area (Å²) in [6, 6.07) is 0. The average molecular weight is 242 g/mol. The molecule has 0 aliphatic heterocycles. The molecule has 0 amide bonds. The Hall–Kier alpha value is -1.10. The molecule has 1 aromatic heterocycles. The van der Waals surface area contributed by atoms with E-state index in [1.807, 2.05) is 12.4 Å². The molecule has 1 unspecified atom stereocenters. The summed E-state index contributed by atoms with van der Waals surface area (Å²) in [6.45, 7) is 5.31. The van der Waals surface area contributed by atoms with E-state index in [0.29, 0.717) is 11.6 Å². The van der Waals surface area contributed by atoms with Gasteiger partial charge in [-0.05, 0) is 5.92 Å². The molecule has 1 N–H and O–H groups in total. The Morgan fingerprint density at radius 2 is 2.38 bits per heavy atom. The Labute approximate surface area is 99.9 Å². The van der Waals surface area contributed by atoms with Gasteiger partial charge in [0, 0.05) is 19.0 Å². The molecule has 5 heteroatoms. The number of nitrogens with zero attached hydrogens (tertiary/aromatic N) is 2. The SMILES string of the molecule is CCC(C)CN(C)c1nc(CC(=O)O)cs1. The van der Waals surface area contributed by atoms with Crippen LogP contribution in [0.1, 0.15) is 26.0 Å². The first-order valence-corrected chi connectivity index (χ1v) is 6.28. The molecule has 1 aromatic rings. The maximum absolute atomic E-state index is 10.5. The molecule has 0 saturated heterocycles. The van der Waals surface area contributed by atoms with Gasteiger partial charge in [0.1, 0.15) is 0 Å². The maximum atomic E-state index is 10.5. The van der Waals surface area contributed by atoms with Crippen molar-refractivity contribution in [2.24, 2.45) is 5.92 Å². The van der Waals surface area contributed by atoms with Crippen molar-refractivity contribution in [3.05, 3.63) is 11.1 Å². The van der Waals surface area contributed by atoms with Gasteiger partial charge >= 0.3 is 5.97 Å². The van der Waals surface area contributed by atoms with E-state index in [1.54, 1.807) is 0 Å². The van der Waals surface area contributed by atoms with Crippen molar-refractivity contribution in [2.45, 2.75) is 26.7 Å². The summed E-state index contributed by atoms with van der Waals surface area (Å²) in [5, 5.41) is 11.4. The summed E-state index contributed by atoms with van der Waals surface area (Å²) in [5.41, 5.74) is 0.642. The molecular weight excluding hydrogens is 224 g/mol. The maximum Gasteiger partial charge on any atom is 0.309 e. The largest absolute Gasteiger partial charge is 0.481 e. The smallest absolute Gasteiger partial charge is 0.309 e. The summed E-state index contributed by atoms with van der Waals surface area (Å²) >= 11 is 1.50. The quantitative estimate of drug-likeness (QED) is 0.831. The first kappa shape index (κ1) is 13.0. The lowest BCUT2D eigenvalue weighted by atomic mass is 10.1.